The highest BCUT2D eigenvalue weighted by molar-refractivity contribution is 6.00. The lowest BCUT2D eigenvalue weighted by molar-refractivity contribution is 0.101. The number of fused-ring (bicyclic) bond motifs is 1. The molecule has 206 valence electrons. The van der Waals surface area contributed by atoms with E-state index in [1.807, 2.05) is 73.0 Å². The number of nitrogens with two attached hydrogens (primary N) is 1. The molecule has 2 aromatic carbocycles. The number of anilines is 3. The standard InChI is InChI=1S/C31H34N6O3/c1-21(31-22(2)35-30-19-26(14-16-37(30)31)40-18-17-39-4)13-15-33-23(3)36-25-11-9-24(10-12-25)29(38)20-34-28-8-6-5-7-27(28)32/h5-16,19,34H,1,17-18,20,32H2,2-4H3,(H,33,36)/b15-13-. The van der Waals surface area contributed by atoms with Gasteiger partial charge in [-0.3, -0.25) is 9.20 Å². The molecule has 0 radical (unpaired) electrons. The van der Waals surface area contributed by atoms with Gasteiger partial charge >= 0.3 is 0 Å². The second-order valence-electron chi connectivity index (χ2n) is 9.10. The summed E-state index contributed by atoms with van der Waals surface area (Å²) in [6.07, 6.45) is 5.47. The first-order valence-corrected chi connectivity index (χ1v) is 12.8. The van der Waals surface area contributed by atoms with Crippen LogP contribution in [-0.2, 0) is 4.74 Å². The van der Waals surface area contributed by atoms with Crippen LogP contribution in [0.15, 0.2) is 90.7 Å². The van der Waals surface area contributed by atoms with Crippen molar-refractivity contribution in [3.63, 3.8) is 0 Å². The number of imidazole rings is 1. The predicted molar refractivity (Wildman–Crippen MR) is 162 cm³/mol. The summed E-state index contributed by atoms with van der Waals surface area (Å²) in [5.41, 5.74) is 12.0. The molecule has 4 N–H and O–H groups in total. The number of hydrogen-bond acceptors (Lipinski definition) is 7. The molecule has 40 heavy (non-hydrogen) atoms. The first-order valence-electron chi connectivity index (χ1n) is 12.8. The van der Waals surface area contributed by atoms with E-state index in [4.69, 9.17) is 15.2 Å². The highest BCUT2D eigenvalue weighted by Crippen LogP contribution is 2.23. The molecule has 0 saturated heterocycles. The molecule has 0 unspecified atom stereocenters. The van der Waals surface area contributed by atoms with Crippen molar-refractivity contribution in [1.82, 2.24) is 9.38 Å². The molecule has 2 heterocycles. The van der Waals surface area contributed by atoms with Gasteiger partial charge in [-0.1, -0.05) is 18.7 Å². The quantitative estimate of drug-likeness (QED) is 0.0537. The Bertz CT molecular complexity index is 1550. The minimum Gasteiger partial charge on any atom is -0.491 e. The van der Waals surface area contributed by atoms with Crippen molar-refractivity contribution in [3.8, 4) is 5.75 Å². The third-order valence-electron chi connectivity index (χ3n) is 6.11. The first-order chi connectivity index (χ1) is 19.4. The van der Waals surface area contributed by atoms with E-state index in [0.717, 1.165) is 39.7 Å². The molecule has 9 nitrogen and oxygen atoms in total. The molecule has 0 bridgehead atoms. The van der Waals surface area contributed by atoms with Crippen molar-refractivity contribution in [2.24, 2.45) is 4.99 Å². The number of Topliss-reactive ketones (excluding diaryl/α,β-unsaturated/α-hetero) is 1. The Morgan fingerprint density at radius 1 is 1.15 bits per heavy atom. The molecule has 0 saturated carbocycles. The second kappa shape index (κ2) is 13.3. The molecule has 0 amide bonds. The van der Waals surface area contributed by atoms with Gasteiger partial charge in [-0.05, 0) is 68.0 Å². The van der Waals surface area contributed by atoms with Crippen molar-refractivity contribution in [3.05, 3.63) is 103 Å². The van der Waals surface area contributed by atoms with E-state index in [1.54, 1.807) is 31.5 Å². The van der Waals surface area contributed by atoms with Crippen LogP contribution in [0.25, 0.3) is 11.2 Å². The maximum atomic E-state index is 12.6. The topological polar surface area (TPSA) is 115 Å². The summed E-state index contributed by atoms with van der Waals surface area (Å²) in [4.78, 5) is 21.7. The van der Waals surface area contributed by atoms with Crippen molar-refractivity contribution < 1.29 is 14.3 Å². The molecular weight excluding hydrogens is 504 g/mol. The minimum atomic E-state index is -0.0285. The van der Waals surface area contributed by atoms with Gasteiger partial charge in [-0.25, -0.2) is 9.98 Å². The number of ether oxygens (including phenoxy) is 2. The highest BCUT2D eigenvalue weighted by atomic mass is 16.5. The van der Waals surface area contributed by atoms with Crippen LogP contribution in [0.3, 0.4) is 0 Å². The molecule has 4 aromatic rings. The number of aryl methyl sites for hydroxylation is 1. The van der Waals surface area contributed by atoms with Crippen LogP contribution in [0, 0.1) is 6.92 Å². The molecule has 9 heteroatoms. The average molecular weight is 539 g/mol. The van der Waals surface area contributed by atoms with Crippen LogP contribution in [0.5, 0.6) is 5.75 Å². The number of hydrogen-bond donors (Lipinski definition) is 3. The number of rotatable bonds is 12. The van der Waals surface area contributed by atoms with Gasteiger partial charge in [0.15, 0.2) is 5.78 Å². The summed E-state index contributed by atoms with van der Waals surface area (Å²) in [5, 5.41) is 6.32. The molecule has 0 atom stereocenters. The van der Waals surface area contributed by atoms with Gasteiger partial charge in [0.25, 0.3) is 0 Å². The van der Waals surface area contributed by atoms with Crippen molar-refractivity contribution >= 4 is 39.9 Å². The Kier molecular flexibility index (Phi) is 9.32. The lowest BCUT2D eigenvalue weighted by Crippen LogP contribution is -2.15. The Labute approximate surface area is 234 Å². The third-order valence-corrected chi connectivity index (χ3v) is 6.11. The van der Waals surface area contributed by atoms with E-state index in [1.165, 1.54) is 0 Å². The van der Waals surface area contributed by atoms with Gasteiger partial charge in [-0.2, -0.15) is 0 Å². The number of methoxy groups -OCH3 is 1. The number of amidine groups is 1. The molecule has 0 fully saturated rings. The molecule has 0 aliphatic carbocycles. The predicted octanol–water partition coefficient (Wildman–Crippen LogP) is 5.60. The van der Waals surface area contributed by atoms with Crippen LogP contribution >= 0.6 is 0 Å². The Morgan fingerprint density at radius 2 is 1.93 bits per heavy atom. The van der Waals surface area contributed by atoms with Gasteiger partial charge < -0.3 is 25.8 Å². The number of nitrogens with one attached hydrogen (secondary N) is 2. The van der Waals surface area contributed by atoms with E-state index in [0.29, 0.717) is 30.3 Å². The molecule has 0 aliphatic heterocycles. The van der Waals surface area contributed by atoms with Crippen LogP contribution in [0.4, 0.5) is 17.1 Å². The molecule has 4 rings (SSSR count). The smallest absolute Gasteiger partial charge is 0.181 e. The lowest BCUT2D eigenvalue weighted by atomic mass is 10.1. The zero-order valence-electron chi connectivity index (χ0n) is 23.0. The fraction of sp³-hybridized carbons (Fsp3) is 0.194. The highest BCUT2D eigenvalue weighted by Gasteiger charge is 2.11. The van der Waals surface area contributed by atoms with E-state index < -0.39 is 0 Å². The number of aliphatic imine (C=N–C) groups is 1. The third kappa shape index (κ3) is 7.15. The molecule has 0 spiro atoms. The fourth-order valence-electron chi connectivity index (χ4n) is 4.10. The summed E-state index contributed by atoms with van der Waals surface area (Å²) >= 11 is 0. The summed E-state index contributed by atoms with van der Waals surface area (Å²) in [6.45, 7) is 9.18. The number of benzene rings is 2. The number of allylic oxidation sites excluding steroid dienone is 2. The monoisotopic (exact) mass is 538 g/mol. The average Bonchev–Trinajstić information content (AvgIpc) is 3.28. The lowest BCUT2D eigenvalue weighted by Gasteiger charge is -2.09. The fourth-order valence-corrected chi connectivity index (χ4v) is 4.10. The van der Waals surface area contributed by atoms with Crippen LogP contribution in [-0.4, -0.2) is 47.9 Å². The van der Waals surface area contributed by atoms with E-state index in [-0.39, 0.29) is 12.3 Å². The largest absolute Gasteiger partial charge is 0.491 e. The number of aromatic nitrogens is 2. The van der Waals surface area contributed by atoms with Gasteiger partial charge in [0, 0.05) is 36.8 Å². The van der Waals surface area contributed by atoms with E-state index >= 15 is 0 Å². The van der Waals surface area contributed by atoms with Crippen LogP contribution < -0.4 is 21.1 Å². The molecular formula is C31H34N6O3. The number of nitrogen functional groups attached to an aromatic ring is 1. The number of carbonyl (C=O) groups excluding carboxylic acids is 1. The van der Waals surface area contributed by atoms with E-state index in [9.17, 15) is 4.79 Å². The van der Waals surface area contributed by atoms with Crippen LogP contribution in [0.1, 0.15) is 28.7 Å². The molecule has 0 aliphatic rings. The van der Waals surface area contributed by atoms with Crippen molar-refractivity contribution in [2.45, 2.75) is 13.8 Å². The molecule has 2 aromatic heterocycles. The number of pyridine rings is 1. The van der Waals surface area contributed by atoms with Gasteiger partial charge in [0.2, 0.25) is 0 Å². The zero-order chi connectivity index (χ0) is 28.5. The summed E-state index contributed by atoms with van der Waals surface area (Å²) in [5.74, 6) is 1.40. The maximum absolute atomic E-state index is 12.6. The van der Waals surface area contributed by atoms with Gasteiger partial charge in [-0.15, -0.1) is 0 Å². The van der Waals surface area contributed by atoms with Crippen molar-refractivity contribution in [2.75, 3.05) is 43.2 Å². The summed E-state index contributed by atoms with van der Waals surface area (Å²) in [7, 11) is 1.64. The van der Waals surface area contributed by atoms with Crippen LogP contribution in [0.2, 0.25) is 0 Å². The van der Waals surface area contributed by atoms with Gasteiger partial charge in [0.1, 0.15) is 23.8 Å². The Balaban J connectivity index is 1.33. The number of para-hydroxylation sites is 2. The maximum Gasteiger partial charge on any atom is 0.181 e. The minimum absolute atomic E-state index is 0.0285. The summed E-state index contributed by atoms with van der Waals surface area (Å²) in [6, 6.07) is 18.4. The summed E-state index contributed by atoms with van der Waals surface area (Å²) < 4.78 is 12.7. The zero-order valence-corrected chi connectivity index (χ0v) is 23.0. The number of nitrogens with zero attached hydrogens (tertiary/aromatic N) is 3. The van der Waals surface area contributed by atoms with E-state index in [2.05, 4.69) is 27.2 Å². The number of ketones is 1. The SMILES string of the molecule is C=C(/C=C\N=C(C)Nc1ccc(C(=O)CNc2ccccc2N)cc1)c1c(C)nc2cc(OCCOC)ccn12. The Morgan fingerprint density at radius 3 is 2.67 bits per heavy atom. The normalized spacial score (nSPS) is 11.6. The Hall–Kier alpha value is -4.89. The first kappa shape index (κ1) is 28.1. The second-order valence-corrected chi connectivity index (χ2v) is 9.10. The van der Waals surface area contributed by atoms with Crippen molar-refractivity contribution in [1.29, 1.82) is 0 Å². The number of carbonyl (C=O) groups is 1. The van der Waals surface area contributed by atoms with Gasteiger partial charge in [0.05, 0.1) is 35.9 Å².